The molecule has 0 fully saturated rings. The van der Waals surface area contributed by atoms with E-state index in [4.69, 9.17) is 0 Å². The predicted octanol–water partition coefficient (Wildman–Crippen LogP) is 2.71. The van der Waals surface area contributed by atoms with E-state index in [1.807, 2.05) is 20.9 Å². The first kappa shape index (κ1) is 12.2. The van der Waals surface area contributed by atoms with Crippen LogP contribution in [0.2, 0.25) is 0 Å². The largest absolute Gasteiger partial charge is 0.389 e. The number of thiophene rings is 1. The second-order valence-electron chi connectivity index (χ2n) is 4.22. The monoisotopic (exact) mass is 277 g/mol. The van der Waals surface area contributed by atoms with Crippen LogP contribution in [0.5, 0.6) is 0 Å². The molecule has 0 atom stereocenters. The van der Waals surface area contributed by atoms with Gasteiger partial charge in [-0.1, -0.05) is 0 Å². The maximum Gasteiger partial charge on any atom is 0.0718 e. The first-order valence-electron chi connectivity index (χ1n) is 4.51. The van der Waals surface area contributed by atoms with Crippen molar-refractivity contribution in [1.82, 2.24) is 4.90 Å². The third kappa shape index (κ3) is 4.55. The van der Waals surface area contributed by atoms with Crippen LogP contribution in [0.1, 0.15) is 18.7 Å². The minimum atomic E-state index is -0.622. The molecule has 0 aliphatic rings. The van der Waals surface area contributed by atoms with Crippen molar-refractivity contribution in [3.8, 4) is 0 Å². The Morgan fingerprint density at radius 1 is 1.57 bits per heavy atom. The summed E-state index contributed by atoms with van der Waals surface area (Å²) >= 11 is 5.16. The molecule has 0 aromatic carbocycles. The van der Waals surface area contributed by atoms with Gasteiger partial charge in [-0.3, -0.25) is 4.90 Å². The van der Waals surface area contributed by atoms with Gasteiger partial charge in [-0.15, -0.1) is 11.3 Å². The Morgan fingerprint density at radius 3 is 2.64 bits per heavy atom. The fourth-order valence-electron chi connectivity index (χ4n) is 1.42. The Bertz CT molecular complexity index is 293. The number of halogens is 1. The van der Waals surface area contributed by atoms with Crippen LogP contribution in [0.4, 0.5) is 0 Å². The first-order valence-corrected chi connectivity index (χ1v) is 6.18. The molecule has 80 valence electrons. The molecule has 0 saturated carbocycles. The van der Waals surface area contributed by atoms with E-state index in [9.17, 15) is 5.11 Å². The molecule has 1 aromatic rings. The zero-order valence-electron chi connectivity index (χ0n) is 8.75. The molecule has 1 heterocycles. The number of aliphatic hydroxyl groups is 1. The van der Waals surface area contributed by atoms with Gasteiger partial charge in [0.05, 0.1) is 5.60 Å². The van der Waals surface area contributed by atoms with Gasteiger partial charge in [-0.05, 0) is 42.9 Å². The molecule has 0 bridgehead atoms. The lowest BCUT2D eigenvalue weighted by atomic mass is 10.1. The van der Waals surface area contributed by atoms with Gasteiger partial charge in [0.25, 0.3) is 0 Å². The van der Waals surface area contributed by atoms with E-state index < -0.39 is 5.60 Å². The third-order valence-electron chi connectivity index (χ3n) is 1.70. The quantitative estimate of drug-likeness (QED) is 0.915. The Hall–Kier alpha value is 0.1000. The minimum absolute atomic E-state index is 0.622. The highest BCUT2D eigenvalue weighted by molar-refractivity contribution is 9.10. The van der Waals surface area contributed by atoms with E-state index >= 15 is 0 Å². The summed E-state index contributed by atoms with van der Waals surface area (Å²) in [6.45, 7) is 5.23. The Labute approximate surface area is 97.7 Å². The molecule has 1 aromatic heterocycles. The van der Waals surface area contributed by atoms with E-state index in [-0.39, 0.29) is 0 Å². The van der Waals surface area contributed by atoms with Crippen LogP contribution in [-0.4, -0.2) is 29.2 Å². The lowest BCUT2D eigenvalue weighted by Gasteiger charge is -2.24. The number of rotatable bonds is 4. The van der Waals surface area contributed by atoms with Gasteiger partial charge in [0.2, 0.25) is 0 Å². The summed E-state index contributed by atoms with van der Waals surface area (Å²) in [6.07, 6.45) is 0. The topological polar surface area (TPSA) is 23.5 Å². The molecule has 1 N–H and O–H groups in total. The SMILES string of the molecule is CN(Cc1cc(Br)cs1)CC(C)(C)O. The molecule has 0 aliphatic heterocycles. The molecule has 0 unspecified atom stereocenters. The average Bonchev–Trinajstić information content (AvgIpc) is 2.30. The molecule has 0 spiro atoms. The number of nitrogens with zero attached hydrogens (tertiary/aromatic N) is 1. The standard InChI is InChI=1S/C10H16BrNOS/c1-10(2,13)7-12(3)5-9-4-8(11)6-14-9/h4,6,13H,5,7H2,1-3H3. The zero-order valence-corrected chi connectivity index (χ0v) is 11.2. The molecule has 0 amide bonds. The minimum Gasteiger partial charge on any atom is -0.389 e. The maximum absolute atomic E-state index is 9.62. The van der Waals surface area contributed by atoms with Gasteiger partial charge in [0.15, 0.2) is 0 Å². The zero-order chi connectivity index (χ0) is 10.8. The summed E-state index contributed by atoms with van der Waals surface area (Å²) in [4.78, 5) is 3.43. The average molecular weight is 278 g/mol. The van der Waals surface area contributed by atoms with Crippen LogP contribution in [0.25, 0.3) is 0 Å². The van der Waals surface area contributed by atoms with E-state index in [0.29, 0.717) is 6.54 Å². The van der Waals surface area contributed by atoms with Gasteiger partial charge < -0.3 is 5.11 Å². The fraction of sp³-hybridized carbons (Fsp3) is 0.600. The van der Waals surface area contributed by atoms with Crippen molar-refractivity contribution >= 4 is 27.3 Å². The van der Waals surface area contributed by atoms with Crippen molar-refractivity contribution in [3.63, 3.8) is 0 Å². The van der Waals surface area contributed by atoms with Crippen molar-refractivity contribution in [2.75, 3.05) is 13.6 Å². The normalized spacial score (nSPS) is 12.4. The van der Waals surface area contributed by atoms with Crippen LogP contribution < -0.4 is 0 Å². The van der Waals surface area contributed by atoms with Crippen molar-refractivity contribution < 1.29 is 5.11 Å². The van der Waals surface area contributed by atoms with Crippen LogP contribution in [0.15, 0.2) is 15.9 Å². The summed E-state index contributed by atoms with van der Waals surface area (Å²) in [5, 5.41) is 11.7. The van der Waals surface area contributed by atoms with Crippen molar-refractivity contribution in [3.05, 3.63) is 20.8 Å². The maximum atomic E-state index is 9.62. The highest BCUT2D eigenvalue weighted by Crippen LogP contribution is 2.21. The first-order chi connectivity index (χ1) is 6.37. The van der Waals surface area contributed by atoms with Gasteiger partial charge in [-0.2, -0.15) is 0 Å². The lowest BCUT2D eigenvalue weighted by Crippen LogP contribution is -2.35. The summed E-state index contributed by atoms with van der Waals surface area (Å²) in [5.74, 6) is 0. The second kappa shape index (κ2) is 4.75. The van der Waals surface area contributed by atoms with Crippen molar-refractivity contribution in [2.45, 2.75) is 26.0 Å². The van der Waals surface area contributed by atoms with Crippen LogP contribution >= 0.6 is 27.3 Å². The molecule has 4 heteroatoms. The predicted molar refractivity (Wildman–Crippen MR) is 64.7 cm³/mol. The Balaban J connectivity index is 2.45. The molecular formula is C10H16BrNOS. The smallest absolute Gasteiger partial charge is 0.0718 e. The summed E-state index contributed by atoms with van der Waals surface area (Å²) < 4.78 is 1.13. The highest BCUT2D eigenvalue weighted by Gasteiger charge is 2.15. The number of hydrogen-bond donors (Lipinski definition) is 1. The number of likely N-dealkylation sites (N-methyl/N-ethyl adjacent to an activating group) is 1. The van der Waals surface area contributed by atoms with Crippen molar-refractivity contribution in [1.29, 1.82) is 0 Å². The van der Waals surface area contributed by atoms with E-state index in [2.05, 4.69) is 32.3 Å². The van der Waals surface area contributed by atoms with Gasteiger partial charge in [-0.25, -0.2) is 0 Å². The van der Waals surface area contributed by atoms with Crippen LogP contribution in [-0.2, 0) is 6.54 Å². The highest BCUT2D eigenvalue weighted by atomic mass is 79.9. The fourth-order valence-corrected chi connectivity index (χ4v) is 2.95. The Morgan fingerprint density at radius 2 is 2.21 bits per heavy atom. The third-order valence-corrected chi connectivity index (χ3v) is 3.39. The van der Waals surface area contributed by atoms with E-state index in [1.54, 1.807) is 11.3 Å². The van der Waals surface area contributed by atoms with Gasteiger partial charge in [0.1, 0.15) is 0 Å². The Kier molecular flexibility index (Phi) is 4.13. The molecular weight excluding hydrogens is 262 g/mol. The molecule has 1 rings (SSSR count). The van der Waals surface area contributed by atoms with E-state index in [0.717, 1.165) is 11.0 Å². The molecule has 0 aliphatic carbocycles. The lowest BCUT2D eigenvalue weighted by molar-refractivity contribution is 0.0427. The summed E-state index contributed by atoms with van der Waals surface area (Å²) in [5.41, 5.74) is -0.622. The summed E-state index contributed by atoms with van der Waals surface area (Å²) in [6, 6.07) is 2.12. The van der Waals surface area contributed by atoms with Crippen LogP contribution in [0.3, 0.4) is 0 Å². The molecule has 2 nitrogen and oxygen atoms in total. The number of hydrogen-bond acceptors (Lipinski definition) is 3. The molecule has 14 heavy (non-hydrogen) atoms. The second-order valence-corrected chi connectivity index (χ2v) is 6.13. The van der Waals surface area contributed by atoms with Gasteiger partial charge in [0, 0.05) is 27.8 Å². The van der Waals surface area contributed by atoms with Gasteiger partial charge >= 0.3 is 0 Å². The van der Waals surface area contributed by atoms with E-state index in [1.165, 1.54) is 4.88 Å². The van der Waals surface area contributed by atoms with Crippen LogP contribution in [0, 0.1) is 0 Å². The van der Waals surface area contributed by atoms with Crippen molar-refractivity contribution in [2.24, 2.45) is 0 Å². The molecule has 0 radical (unpaired) electrons. The molecule has 0 saturated heterocycles. The summed E-state index contributed by atoms with van der Waals surface area (Å²) in [7, 11) is 2.02.